The van der Waals surface area contributed by atoms with Gasteiger partial charge in [0.15, 0.2) is 5.82 Å². The van der Waals surface area contributed by atoms with Gasteiger partial charge in [-0.25, -0.2) is 9.37 Å². The van der Waals surface area contributed by atoms with Crippen LogP contribution in [0.3, 0.4) is 0 Å². The summed E-state index contributed by atoms with van der Waals surface area (Å²) in [5.74, 6) is 0.948. The van der Waals surface area contributed by atoms with Crippen molar-refractivity contribution in [1.29, 1.82) is 0 Å². The number of halogens is 2. The smallest absolute Gasteiger partial charge is 0.227 e. The molecule has 1 fully saturated rings. The largest absolute Gasteiger partial charge is 0.332 e. The third kappa shape index (κ3) is 3.52. The van der Waals surface area contributed by atoms with Gasteiger partial charge in [-0.1, -0.05) is 17.7 Å². The Morgan fingerprint density at radius 3 is 3.00 bits per heavy atom. The molecular formula is C16H18ClFN4O. The van der Waals surface area contributed by atoms with Gasteiger partial charge in [-0.3, -0.25) is 9.89 Å². The first kappa shape index (κ1) is 15.9. The molecule has 3 rings (SSSR count). The highest BCUT2D eigenvalue weighted by atomic mass is 35.5. The van der Waals surface area contributed by atoms with Crippen molar-refractivity contribution in [2.45, 2.75) is 38.6 Å². The number of carbonyl (C=O) groups excluding carboxylic acids is 1. The van der Waals surface area contributed by atoms with Gasteiger partial charge in [-0.05, 0) is 43.9 Å². The summed E-state index contributed by atoms with van der Waals surface area (Å²) in [6, 6.07) is 4.00. The molecule has 0 aliphatic carbocycles. The van der Waals surface area contributed by atoms with Crippen molar-refractivity contribution >= 4 is 17.5 Å². The molecule has 0 bridgehead atoms. The van der Waals surface area contributed by atoms with Crippen molar-refractivity contribution in [2.75, 3.05) is 6.54 Å². The Hall–Kier alpha value is -1.95. The third-order valence-electron chi connectivity index (χ3n) is 4.09. The van der Waals surface area contributed by atoms with E-state index in [-0.39, 0.29) is 23.4 Å². The van der Waals surface area contributed by atoms with E-state index in [9.17, 15) is 9.18 Å². The first-order valence-corrected chi connectivity index (χ1v) is 8.04. The van der Waals surface area contributed by atoms with E-state index in [1.807, 2.05) is 11.8 Å². The molecule has 1 aromatic heterocycles. The van der Waals surface area contributed by atoms with E-state index < -0.39 is 5.82 Å². The molecule has 0 spiro atoms. The number of aromatic amines is 1. The molecule has 2 heterocycles. The number of likely N-dealkylation sites (tertiary alicyclic amines) is 1. The van der Waals surface area contributed by atoms with Gasteiger partial charge in [0.2, 0.25) is 5.91 Å². The number of carbonyl (C=O) groups is 1. The average Bonchev–Trinajstić information content (AvgIpc) is 2.96. The minimum absolute atomic E-state index is 0.0364. The van der Waals surface area contributed by atoms with Gasteiger partial charge in [-0.15, -0.1) is 0 Å². The quantitative estimate of drug-likeness (QED) is 0.936. The van der Waals surface area contributed by atoms with Crippen molar-refractivity contribution in [3.8, 4) is 0 Å². The van der Waals surface area contributed by atoms with Crippen LogP contribution in [0.2, 0.25) is 5.02 Å². The topological polar surface area (TPSA) is 61.9 Å². The van der Waals surface area contributed by atoms with E-state index in [0.717, 1.165) is 25.1 Å². The maximum absolute atomic E-state index is 13.1. The number of aryl methyl sites for hydroxylation is 1. The van der Waals surface area contributed by atoms with E-state index in [1.165, 1.54) is 12.1 Å². The third-order valence-corrected chi connectivity index (χ3v) is 4.44. The van der Waals surface area contributed by atoms with Crippen molar-refractivity contribution in [2.24, 2.45) is 0 Å². The number of aromatic nitrogens is 3. The lowest BCUT2D eigenvalue weighted by Gasteiger charge is -2.34. The van der Waals surface area contributed by atoms with E-state index in [1.54, 1.807) is 6.07 Å². The van der Waals surface area contributed by atoms with Crippen LogP contribution in [0.25, 0.3) is 0 Å². The highest BCUT2D eigenvalue weighted by Crippen LogP contribution is 2.30. The Kier molecular flexibility index (Phi) is 4.61. The lowest BCUT2D eigenvalue weighted by atomic mass is 10.00. The second-order valence-corrected chi connectivity index (χ2v) is 6.20. The fourth-order valence-corrected chi connectivity index (χ4v) is 3.17. The zero-order valence-electron chi connectivity index (χ0n) is 12.9. The summed E-state index contributed by atoms with van der Waals surface area (Å²) in [7, 11) is 0. The van der Waals surface area contributed by atoms with Crippen LogP contribution in [0.4, 0.5) is 4.39 Å². The Morgan fingerprint density at radius 1 is 1.48 bits per heavy atom. The zero-order chi connectivity index (χ0) is 16.4. The molecule has 122 valence electrons. The van der Waals surface area contributed by atoms with Gasteiger partial charge < -0.3 is 4.90 Å². The molecule has 1 aliphatic rings. The summed E-state index contributed by atoms with van der Waals surface area (Å²) < 4.78 is 13.1. The van der Waals surface area contributed by atoms with E-state index in [4.69, 9.17) is 11.6 Å². The first-order chi connectivity index (χ1) is 11.0. The molecule has 1 aromatic carbocycles. The SMILES string of the molecule is Cc1nc([C@H]2CCCCN2C(=O)Cc2ccc(F)cc2Cl)n[nH]1. The standard InChI is InChI=1S/C16H18ClFN4O/c1-10-19-16(21-20-10)14-4-2-3-7-22(14)15(23)8-11-5-6-12(18)9-13(11)17/h5-6,9,14H,2-4,7-8H2,1H3,(H,19,20,21)/t14-/m1/s1. The number of nitrogens with one attached hydrogen (secondary N) is 1. The highest BCUT2D eigenvalue weighted by Gasteiger charge is 2.30. The molecule has 5 nitrogen and oxygen atoms in total. The van der Waals surface area contributed by atoms with E-state index in [2.05, 4.69) is 15.2 Å². The average molecular weight is 337 g/mol. The van der Waals surface area contributed by atoms with E-state index >= 15 is 0 Å². The van der Waals surface area contributed by atoms with Gasteiger partial charge in [0.25, 0.3) is 0 Å². The summed E-state index contributed by atoms with van der Waals surface area (Å²) in [6.45, 7) is 2.51. The molecule has 7 heteroatoms. The normalized spacial score (nSPS) is 18.2. The van der Waals surface area contributed by atoms with Crippen LogP contribution in [-0.2, 0) is 11.2 Å². The van der Waals surface area contributed by atoms with Crippen molar-refractivity contribution in [3.63, 3.8) is 0 Å². The van der Waals surface area contributed by atoms with Gasteiger partial charge in [0.05, 0.1) is 12.5 Å². The molecule has 1 aliphatic heterocycles. The van der Waals surface area contributed by atoms with Crippen LogP contribution >= 0.6 is 11.6 Å². The van der Waals surface area contributed by atoms with Crippen LogP contribution in [0.15, 0.2) is 18.2 Å². The fraction of sp³-hybridized carbons (Fsp3) is 0.438. The minimum atomic E-state index is -0.404. The number of H-pyrrole nitrogens is 1. The van der Waals surface area contributed by atoms with Crippen LogP contribution in [0.1, 0.15) is 42.5 Å². The van der Waals surface area contributed by atoms with Crippen molar-refractivity contribution in [1.82, 2.24) is 20.1 Å². The number of nitrogens with zero attached hydrogens (tertiary/aromatic N) is 3. The Balaban J connectivity index is 1.78. The lowest BCUT2D eigenvalue weighted by molar-refractivity contribution is -0.134. The van der Waals surface area contributed by atoms with Crippen LogP contribution in [0, 0.1) is 12.7 Å². The Bertz CT molecular complexity index is 718. The van der Waals surface area contributed by atoms with Crippen molar-refractivity contribution < 1.29 is 9.18 Å². The first-order valence-electron chi connectivity index (χ1n) is 7.67. The zero-order valence-corrected chi connectivity index (χ0v) is 13.6. The maximum Gasteiger partial charge on any atom is 0.227 e. The van der Waals surface area contributed by atoms with Crippen molar-refractivity contribution in [3.05, 3.63) is 46.3 Å². The predicted octanol–water partition coefficient (Wildman–Crippen LogP) is 3.20. The monoisotopic (exact) mass is 336 g/mol. The Labute approximate surface area is 138 Å². The van der Waals surface area contributed by atoms with Crippen LogP contribution in [-0.4, -0.2) is 32.5 Å². The number of rotatable bonds is 3. The van der Waals surface area contributed by atoms with Gasteiger partial charge in [0.1, 0.15) is 11.6 Å². The molecule has 0 unspecified atom stereocenters. The number of benzene rings is 1. The summed E-state index contributed by atoms with van der Waals surface area (Å²) >= 11 is 6.03. The number of hydrogen-bond donors (Lipinski definition) is 1. The predicted molar refractivity (Wildman–Crippen MR) is 84.5 cm³/mol. The minimum Gasteiger partial charge on any atom is -0.332 e. The molecular weight excluding hydrogens is 319 g/mol. The molecule has 1 N–H and O–H groups in total. The van der Waals surface area contributed by atoms with Crippen LogP contribution < -0.4 is 0 Å². The fourth-order valence-electron chi connectivity index (χ4n) is 2.94. The number of hydrogen-bond acceptors (Lipinski definition) is 3. The maximum atomic E-state index is 13.1. The summed E-state index contributed by atoms with van der Waals surface area (Å²) in [5.41, 5.74) is 0.633. The lowest BCUT2D eigenvalue weighted by Crippen LogP contribution is -2.39. The molecule has 1 atom stereocenters. The van der Waals surface area contributed by atoms with Crippen LogP contribution in [0.5, 0.6) is 0 Å². The molecule has 23 heavy (non-hydrogen) atoms. The summed E-state index contributed by atoms with van der Waals surface area (Å²) in [4.78, 5) is 18.9. The van der Waals surface area contributed by atoms with E-state index in [0.29, 0.717) is 17.9 Å². The molecule has 1 amide bonds. The second-order valence-electron chi connectivity index (χ2n) is 5.79. The summed E-state index contributed by atoms with van der Waals surface area (Å²) in [5, 5.41) is 7.31. The summed E-state index contributed by atoms with van der Waals surface area (Å²) in [6.07, 6.45) is 3.00. The molecule has 2 aromatic rings. The molecule has 1 saturated heterocycles. The number of piperidine rings is 1. The van der Waals surface area contributed by atoms with Gasteiger partial charge >= 0.3 is 0 Å². The molecule has 0 saturated carbocycles. The highest BCUT2D eigenvalue weighted by molar-refractivity contribution is 6.31. The van der Waals surface area contributed by atoms with Gasteiger partial charge in [0, 0.05) is 11.6 Å². The Morgan fingerprint density at radius 2 is 2.30 bits per heavy atom. The van der Waals surface area contributed by atoms with Gasteiger partial charge in [-0.2, -0.15) is 5.10 Å². The number of amides is 1. The molecule has 0 radical (unpaired) electrons. The second kappa shape index (κ2) is 6.66.